The molecule has 2 N–H and O–H groups in total. The summed E-state index contributed by atoms with van der Waals surface area (Å²) in [5, 5.41) is 4.97. The van der Waals surface area contributed by atoms with Crippen molar-refractivity contribution < 1.29 is 41.8 Å². The van der Waals surface area contributed by atoms with Crippen LogP contribution < -0.4 is 15.4 Å². The second kappa shape index (κ2) is 9.33. The number of hydrogen-bond donors (Lipinski definition) is 2. The van der Waals surface area contributed by atoms with Gasteiger partial charge in [0, 0.05) is 17.8 Å². The van der Waals surface area contributed by atoms with Gasteiger partial charge in [0.2, 0.25) is 0 Å². The fourth-order valence-electron chi connectivity index (χ4n) is 2.64. The molecule has 0 saturated carbocycles. The van der Waals surface area contributed by atoms with Gasteiger partial charge in [0.15, 0.2) is 19.0 Å². The van der Waals surface area contributed by atoms with Crippen LogP contribution in [0.15, 0.2) is 54.7 Å². The highest BCUT2D eigenvalue weighted by molar-refractivity contribution is 6.03. The number of carbonyl (C=O) groups excluding carboxylic acids is 4. The number of alkyl halides is 3. The second-order valence-electron chi connectivity index (χ2n) is 6.43. The number of nitrogens with one attached hydrogen (secondary N) is 2. The Hall–Kier alpha value is -4.15. The van der Waals surface area contributed by atoms with Crippen LogP contribution in [0.25, 0.3) is 0 Å². The number of benzene rings is 2. The third-order valence-electron chi connectivity index (χ3n) is 4.17. The van der Waals surface area contributed by atoms with Gasteiger partial charge in [0.1, 0.15) is 5.75 Å². The number of amides is 1. The minimum atomic E-state index is -5.01. The minimum Gasteiger partial charge on any atom is -0.482 e. The van der Waals surface area contributed by atoms with Crippen LogP contribution in [0.1, 0.15) is 20.7 Å². The van der Waals surface area contributed by atoms with Gasteiger partial charge in [-0.1, -0.05) is 12.1 Å². The summed E-state index contributed by atoms with van der Waals surface area (Å²) in [6.45, 7) is -0.756. The number of allylic oxidation sites excluding steroid dienone is 1. The number of rotatable bonds is 7. The van der Waals surface area contributed by atoms with Crippen LogP contribution in [-0.4, -0.2) is 42.8 Å². The average molecular weight is 448 g/mol. The number of ether oxygens (including phenoxy) is 2. The third-order valence-corrected chi connectivity index (χ3v) is 4.17. The van der Waals surface area contributed by atoms with Gasteiger partial charge in [-0.15, -0.1) is 0 Å². The van der Waals surface area contributed by atoms with Crippen LogP contribution in [0.4, 0.5) is 24.5 Å². The maximum absolute atomic E-state index is 12.4. The number of para-hydroxylation sites is 1. The normalized spacial score (nSPS) is 13.0. The van der Waals surface area contributed by atoms with Crippen LogP contribution in [0.2, 0.25) is 0 Å². The minimum absolute atomic E-state index is 0.0597. The number of esters is 1. The van der Waals surface area contributed by atoms with E-state index in [9.17, 15) is 32.3 Å². The summed E-state index contributed by atoms with van der Waals surface area (Å²) < 4.78 is 47.0. The van der Waals surface area contributed by atoms with Gasteiger partial charge in [-0.05, 0) is 30.3 Å². The molecule has 0 aliphatic carbocycles. The largest absolute Gasteiger partial charge is 0.482 e. The molecular formula is C21H15F3N2O6. The molecule has 0 aromatic heterocycles. The Bertz CT molecular complexity index is 1110. The molecule has 0 saturated heterocycles. The first-order valence-corrected chi connectivity index (χ1v) is 9.05. The predicted molar refractivity (Wildman–Crippen MR) is 105 cm³/mol. The Morgan fingerprint density at radius 3 is 2.66 bits per heavy atom. The molecule has 0 atom stereocenters. The van der Waals surface area contributed by atoms with Gasteiger partial charge in [-0.2, -0.15) is 13.2 Å². The molecule has 0 unspecified atom stereocenters. The van der Waals surface area contributed by atoms with Crippen molar-refractivity contribution in [1.82, 2.24) is 0 Å². The molecule has 0 bridgehead atoms. The molecule has 2 aromatic carbocycles. The number of hydrogen-bond acceptors (Lipinski definition) is 7. The lowest BCUT2D eigenvalue weighted by Gasteiger charge is -2.18. The maximum atomic E-state index is 12.4. The van der Waals surface area contributed by atoms with Gasteiger partial charge in [0.25, 0.3) is 11.7 Å². The summed E-state index contributed by atoms with van der Waals surface area (Å²) >= 11 is 0. The standard InChI is InChI=1S/C21H15F3N2O6/c22-21(23,24)18(28)7-8-25-14-4-2-1-3-13(14)20(30)32-10-16(27)12-5-6-17-15(9-12)26-19(29)11-31-17/h1-9,25H,10-11H2,(H,26,29)/b8-7+. The molecule has 0 spiro atoms. The summed E-state index contributed by atoms with van der Waals surface area (Å²) in [7, 11) is 0. The predicted octanol–water partition coefficient (Wildman–Crippen LogP) is 3.11. The van der Waals surface area contributed by atoms with E-state index in [4.69, 9.17) is 9.47 Å². The molecule has 1 amide bonds. The second-order valence-corrected chi connectivity index (χ2v) is 6.43. The lowest BCUT2D eigenvalue weighted by molar-refractivity contribution is -0.165. The van der Waals surface area contributed by atoms with Crippen LogP contribution in [0.5, 0.6) is 5.75 Å². The smallest absolute Gasteiger partial charge is 0.454 e. The Kier molecular flexibility index (Phi) is 6.57. The molecule has 3 rings (SSSR count). The average Bonchev–Trinajstić information content (AvgIpc) is 2.76. The van der Waals surface area contributed by atoms with Crippen LogP contribution in [-0.2, 0) is 14.3 Å². The quantitative estimate of drug-likeness (QED) is 0.380. The zero-order valence-electron chi connectivity index (χ0n) is 16.2. The zero-order chi connectivity index (χ0) is 23.3. The van der Waals surface area contributed by atoms with E-state index in [0.717, 1.165) is 6.20 Å². The molecule has 2 aromatic rings. The van der Waals surface area contributed by atoms with Crippen molar-refractivity contribution in [2.75, 3.05) is 23.8 Å². The van der Waals surface area contributed by atoms with Crippen molar-refractivity contribution in [2.45, 2.75) is 6.18 Å². The van der Waals surface area contributed by atoms with E-state index in [-0.39, 0.29) is 35.4 Å². The molecule has 1 aliphatic rings. The molecule has 11 heteroatoms. The first kappa shape index (κ1) is 22.5. The molecule has 8 nitrogen and oxygen atoms in total. The van der Waals surface area contributed by atoms with Crippen LogP contribution >= 0.6 is 0 Å². The van der Waals surface area contributed by atoms with Crippen molar-refractivity contribution in [3.05, 3.63) is 65.9 Å². The lowest BCUT2D eigenvalue weighted by Crippen LogP contribution is -2.25. The van der Waals surface area contributed by atoms with Crippen molar-refractivity contribution in [1.29, 1.82) is 0 Å². The number of ketones is 2. The Morgan fingerprint density at radius 1 is 1.16 bits per heavy atom. The highest BCUT2D eigenvalue weighted by atomic mass is 19.4. The summed E-state index contributed by atoms with van der Waals surface area (Å²) in [5.41, 5.74) is 0.496. The van der Waals surface area contributed by atoms with Gasteiger partial charge in [-0.25, -0.2) is 4.79 Å². The maximum Gasteiger partial charge on any atom is 0.454 e. The number of carbonyl (C=O) groups is 4. The lowest BCUT2D eigenvalue weighted by atomic mass is 10.1. The van der Waals surface area contributed by atoms with E-state index < -0.39 is 30.3 Å². The zero-order valence-corrected chi connectivity index (χ0v) is 16.2. The molecule has 32 heavy (non-hydrogen) atoms. The molecule has 166 valence electrons. The topological polar surface area (TPSA) is 111 Å². The van der Waals surface area contributed by atoms with E-state index in [2.05, 4.69) is 10.6 Å². The molecular weight excluding hydrogens is 433 g/mol. The van der Waals surface area contributed by atoms with Crippen LogP contribution in [0, 0.1) is 0 Å². The molecule has 0 radical (unpaired) electrons. The fraction of sp³-hybridized carbons (Fsp3) is 0.143. The van der Waals surface area contributed by atoms with Gasteiger partial charge >= 0.3 is 12.1 Å². The van der Waals surface area contributed by atoms with Gasteiger partial charge < -0.3 is 20.1 Å². The number of anilines is 2. The summed E-state index contributed by atoms with van der Waals surface area (Å²) in [4.78, 5) is 47.0. The molecule has 1 heterocycles. The van der Waals surface area contributed by atoms with Crippen molar-refractivity contribution >= 4 is 34.8 Å². The SMILES string of the molecule is O=C1COc2ccc(C(=O)COC(=O)c3ccccc3N/C=C/C(=O)C(F)(F)F)cc2N1. The summed E-state index contributed by atoms with van der Waals surface area (Å²) in [5.74, 6) is -3.50. The Labute approximate surface area is 179 Å². The fourth-order valence-corrected chi connectivity index (χ4v) is 2.64. The van der Waals surface area contributed by atoms with E-state index in [1.165, 1.54) is 42.5 Å². The molecule has 1 aliphatic heterocycles. The number of fused-ring (bicyclic) bond motifs is 1. The first-order chi connectivity index (χ1) is 15.1. The van der Waals surface area contributed by atoms with E-state index in [0.29, 0.717) is 11.4 Å². The van der Waals surface area contributed by atoms with E-state index >= 15 is 0 Å². The van der Waals surface area contributed by atoms with Crippen molar-refractivity contribution in [3.8, 4) is 5.75 Å². The van der Waals surface area contributed by atoms with E-state index in [1.807, 2.05) is 0 Å². The van der Waals surface area contributed by atoms with Crippen molar-refractivity contribution in [3.63, 3.8) is 0 Å². The van der Waals surface area contributed by atoms with Crippen LogP contribution in [0.3, 0.4) is 0 Å². The monoisotopic (exact) mass is 448 g/mol. The summed E-state index contributed by atoms with van der Waals surface area (Å²) in [6, 6.07) is 10.0. The highest BCUT2D eigenvalue weighted by Gasteiger charge is 2.36. The van der Waals surface area contributed by atoms with Gasteiger partial charge in [-0.3, -0.25) is 14.4 Å². The van der Waals surface area contributed by atoms with Gasteiger partial charge in [0.05, 0.1) is 16.9 Å². The Balaban J connectivity index is 1.64. The third kappa shape index (κ3) is 5.50. The van der Waals surface area contributed by atoms with E-state index in [1.54, 1.807) is 0 Å². The number of halogens is 3. The first-order valence-electron chi connectivity index (χ1n) is 9.05. The summed E-state index contributed by atoms with van der Waals surface area (Å²) in [6.07, 6.45) is -3.98. The van der Waals surface area contributed by atoms with Crippen molar-refractivity contribution in [2.24, 2.45) is 0 Å². The molecule has 0 fully saturated rings. The number of Topliss-reactive ketones (excluding diaryl/α,β-unsaturated/α-hetero) is 1. The Morgan fingerprint density at radius 2 is 1.91 bits per heavy atom. The highest BCUT2D eigenvalue weighted by Crippen LogP contribution is 2.28.